The summed E-state index contributed by atoms with van der Waals surface area (Å²) in [6.45, 7) is 0. The molecule has 21 heavy (non-hydrogen) atoms. The molecule has 6 heteroatoms. The van der Waals surface area contributed by atoms with Crippen molar-refractivity contribution in [2.45, 2.75) is 0 Å². The molecule has 4 nitrogen and oxygen atoms in total. The van der Waals surface area contributed by atoms with Gasteiger partial charge in [0.15, 0.2) is 0 Å². The monoisotopic (exact) mass is 361 g/mol. The second kappa shape index (κ2) is 5.79. The van der Waals surface area contributed by atoms with Gasteiger partial charge in [-0.2, -0.15) is 0 Å². The van der Waals surface area contributed by atoms with Crippen LogP contribution in [0.2, 0.25) is 5.02 Å². The molecule has 0 saturated carbocycles. The van der Waals surface area contributed by atoms with Gasteiger partial charge in [0, 0.05) is 22.3 Å². The molecule has 2 heterocycles. The quantitative estimate of drug-likeness (QED) is 0.739. The molecule has 0 radical (unpaired) electrons. The molecular weight excluding hydrogens is 354 g/mol. The van der Waals surface area contributed by atoms with Gasteiger partial charge in [0.25, 0.3) is 5.91 Å². The van der Waals surface area contributed by atoms with Crippen molar-refractivity contribution in [2.75, 3.05) is 5.32 Å². The third-order valence-electron chi connectivity index (χ3n) is 2.92. The van der Waals surface area contributed by atoms with Gasteiger partial charge in [-0.3, -0.25) is 9.78 Å². The van der Waals surface area contributed by atoms with Crippen molar-refractivity contribution in [1.29, 1.82) is 0 Å². The van der Waals surface area contributed by atoms with Crippen LogP contribution in [0.4, 0.5) is 5.69 Å². The van der Waals surface area contributed by atoms with Crippen LogP contribution < -0.4 is 5.32 Å². The number of nitrogens with zero attached hydrogens (tertiary/aromatic N) is 2. The number of fused-ring (bicyclic) bond motifs is 1. The third kappa shape index (κ3) is 2.89. The number of aromatic nitrogens is 2. The molecule has 2 aromatic heterocycles. The fraction of sp³-hybridized carbons (Fsp3) is 0. The van der Waals surface area contributed by atoms with E-state index in [1.807, 2.05) is 6.07 Å². The Kier molecular flexibility index (Phi) is 3.86. The average molecular weight is 363 g/mol. The molecule has 3 aromatic rings. The second-order valence-electron chi connectivity index (χ2n) is 4.31. The van der Waals surface area contributed by atoms with Gasteiger partial charge in [-0.05, 0) is 52.3 Å². The maximum absolute atomic E-state index is 12.2. The SMILES string of the molecule is O=C(Nc1ccc(Cl)c2cccnc12)c1ccc(Br)cn1. The van der Waals surface area contributed by atoms with Crippen LogP contribution in [0.15, 0.2) is 53.3 Å². The third-order valence-corrected chi connectivity index (χ3v) is 3.72. The molecule has 0 aliphatic heterocycles. The van der Waals surface area contributed by atoms with Crippen LogP contribution in [0.25, 0.3) is 10.9 Å². The molecule has 1 N–H and O–H groups in total. The van der Waals surface area contributed by atoms with Gasteiger partial charge >= 0.3 is 0 Å². The molecule has 1 amide bonds. The van der Waals surface area contributed by atoms with Gasteiger partial charge in [0.1, 0.15) is 5.69 Å². The molecular formula is C15H9BrClN3O. The van der Waals surface area contributed by atoms with Crippen molar-refractivity contribution in [3.05, 3.63) is 64.0 Å². The molecule has 0 unspecified atom stereocenters. The molecule has 0 saturated heterocycles. The highest BCUT2D eigenvalue weighted by atomic mass is 79.9. The minimum atomic E-state index is -0.295. The molecule has 0 aliphatic carbocycles. The topological polar surface area (TPSA) is 54.9 Å². The maximum atomic E-state index is 12.2. The van der Waals surface area contributed by atoms with Crippen LogP contribution in [0, 0.1) is 0 Å². The summed E-state index contributed by atoms with van der Waals surface area (Å²) < 4.78 is 0.817. The Bertz CT molecular complexity index is 821. The van der Waals surface area contributed by atoms with Crippen molar-refractivity contribution >= 4 is 50.0 Å². The van der Waals surface area contributed by atoms with Gasteiger partial charge in [0.05, 0.1) is 16.2 Å². The molecule has 0 spiro atoms. The van der Waals surface area contributed by atoms with Crippen molar-refractivity contribution < 1.29 is 4.79 Å². The van der Waals surface area contributed by atoms with Gasteiger partial charge < -0.3 is 5.32 Å². The number of halogens is 2. The number of anilines is 1. The van der Waals surface area contributed by atoms with Crippen molar-refractivity contribution in [3.8, 4) is 0 Å². The second-order valence-corrected chi connectivity index (χ2v) is 5.63. The Morgan fingerprint density at radius 3 is 2.76 bits per heavy atom. The number of hydrogen-bond acceptors (Lipinski definition) is 3. The van der Waals surface area contributed by atoms with E-state index in [0.29, 0.717) is 21.9 Å². The number of carbonyl (C=O) groups excluding carboxylic acids is 1. The van der Waals surface area contributed by atoms with Crippen LogP contribution >= 0.6 is 27.5 Å². The average Bonchev–Trinajstić information content (AvgIpc) is 2.51. The normalized spacial score (nSPS) is 10.6. The van der Waals surface area contributed by atoms with Gasteiger partial charge in [-0.25, -0.2) is 4.98 Å². The molecule has 0 bridgehead atoms. The van der Waals surface area contributed by atoms with Crippen LogP contribution in [0.3, 0.4) is 0 Å². The fourth-order valence-corrected chi connectivity index (χ4v) is 2.39. The van der Waals surface area contributed by atoms with E-state index in [1.54, 1.807) is 42.7 Å². The predicted molar refractivity (Wildman–Crippen MR) is 86.6 cm³/mol. The maximum Gasteiger partial charge on any atom is 0.274 e. The van der Waals surface area contributed by atoms with Crippen molar-refractivity contribution in [3.63, 3.8) is 0 Å². The molecule has 0 atom stereocenters. The standard InChI is InChI=1S/C15H9BrClN3O/c16-9-3-5-13(19-8-9)15(21)20-12-6-4-11(17)10-2-1-7-18-14(10)12/h1-8H,(H,20,21). The molecule has 0 fully saturated rings. The highest BCUT2D eigenvalue weighted by Crippen LogP contribution is 2.28. The van der Waals surface area contributed by atoms with E-state index in [0.717, 1.165) is 9.86 Å². The van der Waals surface area contributed by atoms with E-state index >= 15 is 0 Å². The minimum Gasteiger partial charge on any atom is -0.319 e. The zero-order chi connectivity index (χ0) is 14.8. The van der Waals surface area contributed by atoms with Crippen molar-refractivity contribution in [2.24, 2.45) is 0 Å². The van der Waals surface area contributed by atoms with Gasteiger partial charge in [-0.15, -0.1) is 0 Å². The first-order valence-corrected chi connectivity index (χ1v) is 7.28. The number of benzene rings is 1. The molecule has 1 aromatic carbocycles. The smallest absolute Gasteiger partial charge is 0.274 e. The molecule has 3 rings (SSSR count). The van der Waals surface area contributed by atoms with Crippen molar-refractivity contribution in [1.82, 2.24) is 9.97 Å². The Balaban J connectivity index is 1.97. The highest BCUT2D eigenvalue weighted by molar-refractivity contribution is 9.10. The van der Waals surface area contributed by atoms with E-state index in [-0.39, 0.29) is 5.91 Å². The first kappa shape index (κ1) is 14.0. The Morgan fingerprint density at radius 2 is 2.00 bits per heavy atom. The number of hydrogen-bond donors (Lipinski definition) is 1. The van der Waals surface area contributed by atoms with Crippen LogP contribution in [-0.2, 0) is 0 Å². The van der Waals surface area contributed by atoms with Crippen LogP contribution in [0.5, 0.6) is 0 Å². The van der Waals surface area contributed by atoms with E-state index < -0.39 is 0 Å². The number of nitrogens with one attached hydrogen (secondary N) is 1. The summed E-state index contributed by atoms with van der Waals surface area (Å²) in [6, 6.07) is 10.5. The number of pyridine rings is 2. The summed E-state index contributed by atoms with van der Waals surface area (Å²) in [5, 5.41) is 4.20. The largest absolute Gasteiger partial charge is 0.319 e. The van der Waals surface area contributed by atoms with Crippen LogP contribution in [-0.4, -0.2) is 15.9 Å². The summed E-state index contributed by atoms with van der Waals surface area (Å²) in [5.41, 5.74) is 1.58. The first-order valence-electron chi connectivity index (χ1n) is 6.11. The lowest BCUT2D eigenvalue weighted by Crippen LogP contribution is -2.13. The summed E-state index contributed by atoms with van der Waals surface area (Å²) in [4.78, 5) is 20.5. The highest BCUT2D eigenvalue weighted by Gasteiger charge is 2.11. The predicted octanol–water partition coefficient (Wildman–Crippen LogP) is 4.30. The molecule has 104 valence electrons. The fourth-order valence-electron chi connectivity index (χ4n) is 1.94. The Hall–Kier alpha value is -1.98. The minimum absolute atomic E-state index is 0.295. The zero-order valence-electron chi connectivity index (χ0n) is 10.7. The Morgan fingerprint density at radius 1 is 1.14 bits per heavy atom. The van der Waals surface area contributed by atoms with Gasteiger partial charge in [-0.1, -0.05) is 11.6 Å². The first-order chi connectivity index (χ1) is 10.1. The van der Waals surface area contributed by atoms with E-state index in [2.05, 4.69) is 31.2 Å². The Labute approximate surface area is 134 Å². The number of carbonyl (C=O) groups is 1. The zero-order valence-corrected chi connectivity index (χ0v) is 13.0. The molecule has 0 aliphatic rings. The lowest BCUT2D eigenvalue weighted by atomic mass is 10.2. The van der Waals surface area contributed by atoms with Crippen LogP contribution in [0.1, 0.15) is 10.5 Å². The number of rotatable bonds is 2. The summed E-state index contributed by atoms with van der Waals surface area (Å²) in [6.07, 6.45) is 3.24. The summed E-state index contributed by atoms with van der Waals surface area (Å²) in [7, 11) is 0. The summed E-state index contributed by atoms with van der Waals surface area (Å²) >= 11 is 9.41. The van der Waals surface area contributed by atoms with E-state index in [4.69, 9.17) is 11.6 Å². The summed E-state index contributed by atoms with van der Waals surface area (Å²) in [5.74, 6) is -0.295. The van der Waals surface area contributed by atoms with E-state index in [1.165, 1.54) is 0 Å². The lowest BCUT2D eigenvalue weighted by Gasteiger charge is -2.08. The van der Waals surface area contributed by atoms with Gasteiger partial charge in [0.2, 0.25) is 0 Å². The number of amides is 1. The van der Waals surface area contributed by atoms with E-state index in [9.17, 15) is 4.79 Å². The lowest BCUT2D eigenvalue weighted by molar-refractivity contribution is 0.102.